The summed E-state index contributed by atoms with van der Waals surface area (Å²) in [6, 6.07) is 1.26. The molecule has 1 aliphatic rings. The average Bonchev–Trinajstić information content (AvgIpc) is 2.35. The SMILES string of the molecule is CCCC(CNC(C)C)N(C)CC1CCOCC1. The highest BCUT2D eigenvalue weighted by Crippen LogP contribution is 2.17. The highest BCUT2D eigenvalue weighted by molar-refractivity contribution is 4.76. The van der Waals surface area contributed by atoms with Gasteiger partial charge in [0.05, 0.1) is 0 Å². The number of hydrogen-bond acceptors (Lipinski definition) is 3. The standard InChI is InChI=1S/C15H32N2O/c1-5-6-15(11-16-13(2)3)17(4)12-14-7-9-18-10-8-14/h13-16H,5-12H2,1-4H3. The molecule has 18 heavy (non-hydrogen) atoms. The zero-order chi connectivity index (χ0) is 13.4. The van der Waals surface area contributed by atoms with Crippen molar-refractivity contribution < 1.29 is 4.74 Å². The first-order chi connectivity index (χ1) is 8.63. The number of rotatable bonds is 8. The van der Waals surface area contributed by atoms with E-state index < -0.39 is 0 Å². The van der Waals surface area contributed by atoms with Crippen LogP contribution in [0.2, 0.25) is 0 Å². The van der Waals surface area contributed by atoms with Gasteiger partial charge in [-0.1, -0.05) is 27.2 Å². The molecule has 1 N–H and O–H groups in total. The van der Waals surface area contributed by atoms with Gasteiger partial charge in [0, 0.05) is 38.4 Å². The van der Waals surface area contributed by atoms with E-state index in [-0.39, 0.29) is 0 Å². The molecule has 0 spiro atoms. The molecule has 3 heteroatoms. The highest BCUT2D eigenvalue weighted by Gasteiger charge is 2.20. The van der Waals surface area contributed by atoms with Gasteiger partial charge in [-0.25, -0.2) is 0 Å². The first-order valence-electron chi connectivity index (χ1n) is 7.64. The normalized spacial score (nSPS) is 19.7. The molecule has 0 amide bonds. The maximum atomic E-state index is 5.44. The van der Waals surface area contributed by atoms with E-state index in [1.165, 1.54) is 32.2 Å². The monoisotopic (exact) mass is 256 g/mol. The predicted molar refractivity (Wildman–Crippen MR) is 78.0 cm³/mol. The average molecular weight is 256 g/mol. The summed E-state index contributed by atoms with van der Waals surface area (Å²) in [6.07, 6.45) is 5.03. The molecule has 0 saturated carbocycles. The number of nitrogens with one attached hydrogen (secondary N) is 1. The lowest BCUT2D eigenvalue weighted by Gasteiger charge is -2.33. The van der Waals surface area contributed by atoms with Gasteiger partial charge in [-0.3, -0.25) is 0 Å². The van der Waals surface area contributed by atoms with Crippen LogP contribution in [-0.4, -0.2) is 50.3 Å². The van der Waals surface area contributed by atoms with Gasteiger partial charge in [-0.2, -0.15) is 0 Å². The minimum absolute atomic E-state index is 0.584. The first kappa shape index (κ1) is 15.9. The van der Waals surface area contributed by atoms with Crippen molar-refractivity contribution >= 4 is 0 Å². The molecule has 0 radical (unpaired) electrons. The summed E-state index contributed by atoms with van der Waals surface area (Å²) in [6.45, 7) is 11.0. The van der Waals surface area contributed by atoms with Gasteiger partial charge in [0.25, 0.3) is 0 Å². The number of hydrogen-bond donors (Lipinski definition) is 1. The second-order valence-corrected chi connectivity index (χ2v) is 6.00. The van der Waals surface area contributed by atoms with E-state index in [0.717, 1.165) is 25.7 Å². The summed E-state index contributed by atoms with van der Waals surface area (Å²) >= 11 is 0. The van der Waals surface area contributed by atoms with Crippen molar-refractivity contribution in [2.75, 3.05) is 33.4 Å². The third-order valence-electron chi connectivity index (χ3n) is 3.89. The Hall–Kier alpha value is -0.120. The molecule has 108 valence electrons. The van der Waals surface area contributed by atoms with Gasteiger partial charge in [0.1, 0.15) is 0 Å². The number of nitrogens with zero attached hydrogens (tertiary/aromatic N) is 1. The zero-order valence-corrected chi connectivity index (χ0v) is 12.7. The lowest BCUT2D eigenvalue weighted by atomic mass is 9.98. The maximum absolute atomic E-state index is 5.44. The van der Waals surface area contributed by atoms with Crippen molar-refractivity contribution in [1.82, 2.24) is 10.2 Å². The molecule has 3 nitrogen and oxygen atoms in total. The molecule has 0 aromatic heterocycles. The van der Waals surface area contributed by atoms with Gasteiger partial charge in [-0.05, 0) is 32.2 Å². The lowest BCUT2D eigenvalue weighted by Crippen LogP contribution is -2.44. The highest BCUT2D eigenvalue weighted by atomic mass is 16.5. The zero-order valence-electron chi connectivity index (χ0n) is 12.7. The summed E-state index contributed by atoms with van der Waals surface area (Å²) in [5, 5.41) is 3.58. The van der Waals surface area contributed by atoms with Gasteiger partial charge in [-0.15, -0.1) is 0 Å². The van der Waals surface area contributed by atoms with Crippen molar-refractivity contribution in [3.05, 3.63) is 0 Å². The number of likely N-dealkylation sites (N-methyl/N-ethyl adjacent to an activating group) is 1. The Morgan fingerprint density at radius 3 is 2.50 bits per heavy atom. The molecular weight excluding hydrogens is 224 g/mol. The van der Waals surface area contributed by atoms with E-state index in [9.17, 15) is 0 Å². The molecule has 1 saturated heterocycles. The smallest absolute Gasteiger partial charge is 0.0469 e. The first-order valence-corrected chi connectivity index (χ1v) is 7.64. The van der Waals surface area contributed by atoms with E-state index in [2.05, 4.69) is 38.0 Å². The van der Waals surface area contributed by atoms with E-state index in [1.54, 1.807) is 0 Å². The van der Waals surface area contributed by atoms with Crippen LogP contribution in [0, 0.1) is 5.92 Å². The fourth-order valence-corrected chi connectivity index (χ4v) is 2.67. The summed E-state index contributed by atoms with van der Waals surface area (Å²) in [5.41, 5.74) is 0. The lowest BCUT2D eigenvalue weighted by molar-refractivity contribution is 0.0494. The van der Waals surface area contributed by atoms with Crippen LogP contribution < -0.4 is 5.32 Å². The van der Waals surface area contributed by atoms with E-state index >= 15 is 0 Å². The molecule has 0 aliphatic carbocycles. The molecule has 0 aromatic carbocycles. The second kappa shape index (κ2) is 8.89. The molecule has 1 fully saturated rings. The van der Waals surface area contributed by atoms with Gasteiger partial charge in [0.2, 0.25) is 0 Å². The Bertz CT molecular complexity index is 203. The fraction of sp³-hybridized carbons (Fsp3) is 1.00. The van der Waals surface area contributed by atoms with Crippen molar-refractivity contribution in [3.63, 3.8) is 0 Å². The van der Waals surface area contributed by atoms with Crippen LogP contribution >= 0.6 is 0 Å². The van der Waals surface area contributed by atoms with E-state index in [0.29, 0.717) is 12.1 Å². The Kier molecular flexibility index (Phi) is 7.87. The minimum atomic E-state index is 0.584. The van der Waals surface area contributed by atoms with Crippen LogP contribution in [0.5, 0.6) is 0 Å². The van der Waals surface area contributed by atoms with Gasteiger partial charge in [0.15, 0.2) is 0 Å². The van der Waals surface area contributed by atoms with Crippen LogP contribution in [0.25, 0.3) is 0 Å². The molecule has 1 heterocycles. The maximum Gasteiger partial charge on any atom is 0.0469 e. The van der Waals surface area contributed by atoms with Gasteiger partial charge >= 0.3 is 0 Å². The Morgan fingerprint density at radius 1 is 1.28 bits per heavy atom. The third kappa shape index (κ3) is 6.17. The van der Waals surface area contributed by atoms with Crippen LogP contribution in [0.3, 0.4) is 0 Å². The van der Waals surface area contributed by atoms with Crippen LogP contribution in [-0.2, 0) is 4.74 Å². The largest absolute Gasteiger partial charge is 0.381 e. The summed E-state index contributed by atoms with van der Waals surface area (Å²) < 4.78 is 5.44. The second-order valence-electron chi connectivity index (χ2n) is 6.00. The topological polar surface area (TPSA) is 24.5 Å². The Balaban J connectivity index is 2.34. The quantitative estimate of drug-likeness (QED) is 0.722. The third-order valence-corrected chi connectivity index (χ3v) is 3.89. The Morgan fingerprint density at radius 2 is 1.94 bits per heavy atom. The fourth-order valence-electron chi connectivity index (χ4n) is 2.67. The number of ether oxygens (including phenoxy) is 1. The molecule has 1 rings (SSSR count). The molecule has 1 aliphatic heterocycles. The molecular formula is C15H32N2O. The summed E-state index contributed by atoms with van der Waals surface area (Å²) in [4.78, 5) is 2.56. The molecule has 1 unspecified atom stereocenters. The molecule has 0 aromatic rings. The molecule has 0 bridgehead atoms. The predicted octanol–water partition coefficient (Wildman–Crippen LogP) is 2.51. The summed E-state index contributed by atoms with van der Waals surface area (Å²) in [7, 11) is 2.29. The van der Waals surface area contributed by atoms with Crippen LogP contribution in [0.15, 0.2) is 0 Å². The van der Waals surface area contributed by atoms with Crippen molar-refractivity contribution in [3.8, 4) is 0 Å². The van der Waals surface area contributed by atoms with Crippen molar-refractivity contribution in [1.29, 1.82) is 0 Å². The Labute approximate surface area is 113 Å². The van der Waals surface area contributed by atoms with E-state index in [1.807, 2.05) is 0 Å². The van der Waals surface area contributed by atoms with Crippen LogP contribution in [0.4, 0.5) is 0 Å². The summed E-state index contributed by atoms with van der Waals surface area (Å²) in [5.74, 6) is 0.835. The van der Waals surface area contributed by atoms with Gasteiger partial charge < -0.3 is 15.0 Å². The minimum Gasteiger partial charge on any atom is -0.381 e. The van der Waals surface area contributed by atoms with Crippen LogP contribution in [0.1, 0.15) is 46.5 Å². The van der Waals surface area contributed by atoms with E-state index in [4.69, 9.17) is 4.74 Å². The molecule has 1 atom stereocenters. The van der Waals surface area contributed by atoms with Crippen molar-refractivity contribution in [2.45, 2.75) is 58.5 Å². The van der Waals surface area contributed by atoms with Crippen molar-refractivity contribution in [2.24, 2.45) is 5.92 Å².